The first-order chi connectivity index (χ1) is 11.8. The molecule has 1 aromatic heterocycles. The predicted molar refractivity (Wildman–Crippen MR) is 105 cm³/mol. The fraction of sp³-hybridized carbons (Fsp3) is 0.526. The number of nitrogens with zero attached hydrogens (tertiary/aromatic N) is 3. The van der Waals surface area contributed by atoms with E-state index in [2.05, 4.69) is 23.5 Å². The molecule has 1 aliphatic carbocycles. The third kappa shape index (κ3) is 5.13. The van der Waals surface area contributed by atoms with Gasteiger partial charge < -0.3 is 15.6 Å². The van der Waals surface area contributed by atoms with Crippen LogP contribution in [0.4, 0.5) is 0 Å². The van der Waals surface area contributed by atoms with Gasteiger partial charge in [0, 0.05) is 26.3 Å². The summed E-state index contributed by atoms with van der Waals surface area (Å²) in [6.07, 6.45) is 5.56. The highest BCUT2D eigenvalue weighted by atomic mass is 35.5. The van der Waals surface area contributed by atoms with E-state index in [-0.39, 0.29) is 0 Å². The topological polar surface area (TPSA) is 71.4 Å². The second-order valence-corrected chi connectivity index (χ2v) is 7.39. The SMILES string of the molecule is C=C(CC/C(=C(/N)c1ccc(Cl)c(C)n1)N(C)N)N(C)CC1CCC1. The largest absolute Gasteiger partial charge is 0.396 e. The van der Waals surface area contributed by atoms with Gasteiger partial charge in [-0.05, 0) is 50.7 Å². The molecule has 0 radical (unpaired) electrons. The summed E-state index contributed by atoms with van der Waals surface area (Å²) in [6.45, 7) is 7.18. The number of aryl methyl sites for hydroxylation is 1. The van der Waals surface area contributed by atoms with E-state index in [1.165, 1.54) is 19.3 Å². The molecular weight excluding hydrogens is 334 g/mol. The number of halogens is 1. The summed E-state index contributed by atoms with van der Waals surface area (Å²) in [5, 5.41) is 2.20. The standard InChI is InChI=1S/C19H30ClN5/c1-13(24(3)12-15-6-5-7-15)8-11-18(25(4)22)19(21)17-10-9-16(20)14(2)23-17/h9-10,15H,1,5-8,11-12,21-22H2,2-4H3/b19-18-. The maximum atomic E-state index is 6.34. The molecule has 0 unspecified atom stereocenters. The normalized spacial score (nSPS) is 15.4. The van der Waals surface area contributed by atoms with Crippen LogP contribution >= 0.6 is 11.6 Å². The summed E-state index contributed by atoms with van der Waals surface area (Å²) >= 11 is 6.05. The van der Waals surface area contributed by atoms with Crippen LogP contribution < -0.4 is 11.6 Å². The third-order valence-corrected chi connectivity index (χ3v) is 5.38. The third-order valence-electron chi connectivity index (χ3n) is 4.98. The Hall–Kier alpha value is -1.72. The maximum absolute atomic E-state index is 6.34. The molecule has 1 fully saturated rings. The van der Waals surface area contributed by atoms with E-state index in [0.717, 1.165) is 42.4 Å². The summed E-state index contributed by atoms with van der Waals surface area (Å²) < 4.78 is 0. The fourth-order valence-electron chi connectivity index (χ4n) is 2.99. The number of rotatable bonds is 8. The molecule has 5 nitrogen and oxygen atoms in total. The molecule has 1 aromatic rings. The molecule has 0 bridgehead atoms. The zero-order valence-electron chi connectivity index (χ0n) is 15.6. The van der Waals surface area contributed by atoms with E-state index < -0.39 is 0 Å². The van der Waals surface area contributed by atoms with Crippen molar-refractivity contribution in [1.82, 2.24) is 14.9 Å². The Morgan fingerprint density at radius 3 is 2.52 bits per heavy atom. The first-order valence-corrected chi connectivity index (χ1v) is 9.16. The molecule has 1 aliphatic rings. The van der Waals surface area contributed by atoms with Gasteiger partial charge in [-0.1, -0.05) is 24.6 Å². The van der Waals surface area contributed by atoms with Gasteiger partial charge in [0.05, 0.1) is 27.8 Å². The van der Waals surface area contributed by atoms with Crippen molar-refractivity contribution in [3.05, 3.63) is 46.5 Å². The van der Waals surface area contributed by atoms with Crippen molar-refractivity contribution in [3.8, 4) is 0 Å². The van der Waals surface area contributed by atoms with Crippen molar-refractivity contribution in [1.29, 1.82) is 0 Å². The van der Waals surface area contributed by atoms with E-state index in [4.69, 9.17) is 23.2 Å². The number of hydrazine groups is 1. The van der Waals surface area contributed by atoms with Gasteiger partial charge in [0.1, 0.15) is 0 Å². The van der Waals surface area contributed by atoms with E-state index >= 15 is 0 Å². The summed E-state index contributed by atoms with van der Waals surface area (Å²) in [6, 6.07) is 3.64. The molecule has 0 saturated heterocycles. The van der Waals surface area contributed by atoms with Gasteiger partial charge in [0.25, 0.3) is 0 Å². The smallest absolute Gasteiger partial charge is 0.0881 e. The van der Waals surface area contributed by atoms with Gasteiger partial charge in [-0.2, -0.15) is 0 Å². The van der Waals surface area contributed by atoms with Crippen molar-refractivity contribution in [2.24, 2.45) is 17.5 Å². The number of hydrogen-bond acceptors (Lipinski definition) is 5. The molecule has 1 heterocycles. The molecule has 25 heavy (non-hydrogen) atoms. The Labute approximate surface area is 156 Å². The van der Waals surface area contributed by atoms with Crippen LogP contribution in [0.25, 0.3) is 5.70 Å². The number of hydrogen-bond donors (Lipinski definition) is 2. The van der Waals surface area contributed by atoms with E-state index in [9.17, 15) is 0 Å². The highest BCUT2D eigenvalue weighted by molar-refractivity contribution is 6.31. The van der Waals surface area contributed by atoms with Crippen LogP contribution in [-0.2, 0) is 0 Å². The van der Waals surface area contributed by atoms with Crippen LogP contribution in [-0.4, -0.2) is 35.5 Å². The lowest BCUT2D eigenvalue weighted by molar-refractivity contribution is 0.231. The van der Waals surface area contributed by atoms with Crippen LogP contribution in [0.3, 0.4) is 0 Å². The Morgan fingerprint density at radius 1 is 1.32 bits per heavy atom. The molecule has 6 heteroatoms. The number of aromatic nitrogens is 1. The Kier molecular flexibility index (Phi) is 6.73. The van der Waals surface area contributed by atoms with E-state index in [0.29, 0.717) is 16.4 Å². The van der Waals surface area contributed by atoms with Crippen LogP contribution in [0.2, 0.25) is 5.02 Å². The summed E-state index contributed by atoms with van der Waals surface area (Å²) in [5.41, 5.74) is 10.3. The molecule has 0 aliphatic heterocycles. The Balaban J connectivity index is 2.05. The molecule has 0 aromatic carbocycles. The Morgan fingerprint density at radius 2 is 2.00 bits per heavy atom. The second kappa shape index (κ2) is 8.59. The van der Waals surface area contributed by atoms with Crippen LogP contribution in [0.15, 0.2) is 30.1 Å². The monoisotopic (exact) mass is 363 g/mol. The van der Waals surface area contributed by atoms with Gasteiger partial charge in [-0.3, -0.25) is 0 Å². The van der Waals surface area contributed by atoms with Crippen molar-refractivity contribution in [2.75, 3.05) is 20.6 Å². The van der Waals surface area contributed by atoms with Crippen molar-refractivity contribution < 1.29 is 0 Å². The van der Waals surface area contributed by atoms with Gasteiger partial charge in [0.2, 0.25) is 0 Å². The quantitative estimate of drug-likeness (QED) is 0.546. The Bertz CT molecular complexity index is 649. The summed E-state index contributed by atoms with van der Waals surface area (Å²) in [7, 11) is 3.91. The minimum Gasteiger partial charge on any atom is -0.396 e. The lowest BCUT2D eigenvalue weighted by Gasteiger charge is -2.32. The van der Waals surface area contributed by atoms with Crippen LogP contribution in [0, 0.1) is 12.8 Å². The van der Waals surface area contributed by atoms with E-state index in [1.807, 2.05) is 19.1 Å². The zero-order valence-corrected chi connectivity index (χ0v) is 16.3. The number of allylic oxidation sites excluding steroid dienone is 2. The predicted octanol–water partition coefficient (Wildman–Crippen LogP) is 3.50. The molecule has 0 amide bonds. The summed E-state index contributed by atoms with van der Waals surface area (Å²) in [4.78, 5) is 6.73. The van der Waals surface area contributed by atoms with Crippen molar-refractivity contribution >= 4 is 17.3 Å². The van der Waals surface area contributed by atoms with Gasteiger partial charge in [0.15, 0.2) is 0 Å². The second-order valence-electron chi connectivity index (χ2n) is 6.98. The molecule has 0 atom stereocenters. The molecule has 1 saturated carbocycles. The molecule has 0 spiro atoms. The highest BCUT2D eigenvalue weighted by Crippen LogP contribution is 2.28. The van der Waals surface area contributed by atoms with E-state index in [1.54, 1.807) is 12.1 Å². The number of pyridine rings is 1. The highest BCUT2D eigenvalue weighted by Gasteiger charge is 2.20. The van der Waals surface area contributed by atoms with Gasteiger partial charge in [-0.25, -0.2) is 10.8 Å². The van der Waals surface area contributed by atoms with Crippen LogP contribution in [0.5, 0.6) is 0 Å². The average Bonchev–Trinajstić information content (AvgIpc) is 2.52. The first-order valence-electron chi connectivity index (χ1n) is 8.79. The first kappa shape index (κ1) is 19.6. The van der Waals surface area contributed by atoms with Gasteiger partial charge in [-0.15, -0.1) is 0 Å². The number of nitrogens with two attached hydrogens (primary N) is 2. The van der Waals surface area contributed by atoms with Crippen molar-refractivity contribution in [2.45, 2.75) is 39.0 Å². The minimum atomic E-state index is 0.583. The molecule has 2 rings (SSSR count). The molecular formula is C19H30ClN5. The fourth-order valence-corrected chi connectivity index (χ4v) is 3.09. The summed E-state index contributed by atoms with van der Waals surface area (Å²) in [5.74, 6) is 6.83. The lowest BCUT2D eigenvalue weighted by atomic mass is 9.85. The lowest BCUT2D eigenvalue weighted by Crippen LogP contribution is -2.30. The van der Waals surface area contributed by atoms with Crippen LogP contribution in [0.1, 0.15) is 43.5 Å². The maximum Gasteiger partial charge on any atom is 0.0881 e. The molecule has 138 valence electrons. The average molecular weight is 364 g/mol. The zero-order chi connectivity index (χ0) is 18.6. The molecule has 4 N–H and O–H groups in total. The van der Waals surface area contributed by atoms with Gasteiger partial charge >= 0.3 is 0 Å². The van der Waals surface area contributed by atoms with Crippen molar-refractivity contribution in [3.63, 3.8) is 0 Å². The minimum absolute atomic E-state index is 0.583.